The number of carbonyl (C=O) groups is 2. The Morgan fingerprint density at radius 3 is 2.45 bits per heavy atom. The predicted octanol–water partition coefficient (Wildman–Crippen LogP) is 3.98. The van der Waals surface area contributed by atoms with Crippen molar-refractivity contribution in [2.24, 2.45) is 5.10 Å². The number of hydrogen-bond acceptors (Lipinski definition) is 6. The molecule has 0 saturated carbocycles. The number of benzene rings is 2. The van der Waals surface area contributed by atoms with E-state index in [1.165, 1.54) is 12.3 Å². The zero-order valence-electron chi connectivity index (χ0n) is 15.3. The Kier molecular flexibility index (Phi) is 6.10. The third-order valence-corrected chi connectivity index (χ3v) is 4.81. The zero-order chi connectivity index (χ0) is 20.8. The first kappa shape index (κ1) is 19.9. The lowest BCUT2D eigenvalue weighted by Gasteiger charge is -2.07. The molecule has 3 aromatic rings. The van der Waals surface area contributed by atoms with Gasteiger partial charge in [0.1, 0.15) is 0 Å². The van der Waals surface area contributed by atoms with E-state index in [0.29, 0.717) is 21.7 Å². The van der Waals surface area contributed by atoms with Crippen molar-refractivity contribution in [1.29, 1.82) is 0 Å². The maximum atomic E-state index is 12.3. The zero-order valence-corrected chi connectivity index (χ0v) is 16.1. The Morgan fingerprint density at radius 1 is 1.03 bits per heavy atom. The first-order valence-electron chi connectivity index (χ1n) is 8.48. The molecule has 0 fully saturated rings. The number of nitro groups is 1. The van der Waals surface area contributed by atoms with Gasteiger partial charge in [-0.05, 0) is 49.4 Å². The average molecular weight is 408 g/mol. The topological polar surface area (TPSA) is 114 Å². The molecule has 0 bridgehead atoms. The van der Waals surface area contributed by atoms with Gasteiger partial charge in [0.05, 0.1) is 16.0 Å². The minimum atomic E-state index is -0.486. The van der Waals surface area contributed by atoms with Crippen molar-refractivity contribution in [1.82, 2.24) is 5.43 Å². The van der Waals surface area contributed by atoms with Crippen molar-refractivity contribution in [2.75, 3.05) is 5.32 Å². The summed E-state index contributed by atoms with van der Waals surface area (Å²) in [6, 6.07) is 16.5. The highest BCUT2D eigenvalue weighted by Crippen LogP contribution is 2.22. The lowest BCUT2D eigenvalue weighted by atomic mass is 10.1. The SMILES string of the molecule is Cc1cccc(C(=O)Nc2ccc(C(=O)N/N=C/c3ccc([N+](=O)[O-])s3)cc2)c1. The molecule has 2 N–H and O–H groups in total. The van der Waals surface area contributed by atoms with Crippen LogP contribution in [-0.4, -0.2) is 23.0 Å². The fraction of sp³-hybridized carbons (Fsp3) is 0.0500. The summed E-state index contributed by atoms with van der Waals surface area (Å²) in [5, 5.41) is 17.2. The molecule has 3 rings (SSSR count). The van der Waals surface area contributed by atoms with Crippen LogP contribution in [0.15, 0.2) is 65.8 Å². The summed E-state index contributed by atoms with van der Waals surface area (Å²) in [6.45, 7) is 1.91. The van der Waals surface area contributed by atoms with Crippen LogP contribution in [0.2, 0.25) is 0 Å². The van der Waals surface area contributed by atoms with Gasteiger partial charge in [0.2, 0.25) is 0 Å². The van der Waals surface area contributed by atoms with Gasteiger partial charge in [-0.25, -0.2) is 5.43 Å². The first-order chi connectivity index (χ1) is 13.9. The Hall–Kier alpha value is -3.85. The quantitative estimate of drug-likeness (QED) is 0.365. The fourth-order valence-corrected chi connectivity index (χ4v) is 3.12. The Balaban J connectivity index is 1.57. The van der Waals surface area contributed by atoms with E-state index in [1.54, 1.807) is 42.5 Å². The Labute approximate surface area is 170 Å². The van der Waals surface area contributed by atoms with E-state index in [9.17, 15) is 19.7 Å². The summed E-state index contributed by atoms with van der Waals surface area (Å²) in [5.74, 6) is -0.676. The second-order valence-corrected chi connectivity index (χ2v) is 7.13. The number of thiophene rings is 1. The van der Waals surface area contributed by atoms with E-state index >= 15 is 0 Å². The summed E-state index contributed by atoms with van der Waals surface area (Å²) < 4.78 is 0. The van der Waals surface area contributed by atoms with E-state index in [-0.39, 0.29) is 10.9 Å². The van der Waals surface area contributed by atoms with E-state index in [4.69, 9.17) is 0 Å². The van der Waals surface area contributed by atoms with Crippen molar-refractivity contribution >= 4 is 40.1 Å². The van der Waals surface area contributed by atoms with Gasteiger partial charge in [0.15, 0.2) is 0 Å². The van der Waals surface area contributed by atoms with Crippen LogP contribution in [0.1, 0.15) is 31.2 Å². The molecule has 2 aromatic carbocycles. The minimum absolute atomic E-state index is 0.000996. The normalized spacial score (nSPS) is 10.7. The summed E-state index contributed by atoms with van der Waals surface area (Å²) in [4.78, 5) is 35.1. The molecule has 0 atom stereocenters. The minimum Gasteiger partial charge on any atom is -0.322 e. The molecule has 29 heavy (non-hydrogen) atoms. The summed E-state index contributed by atoms with van der Waals surface area (Å²) >= 11 is 0.955. The molecule has 1 heterocycles. The van der Waals surface area contributed by atoms with Crippen molar-refractivity contribution < 1.29 is 14.5 Å². The van der Waals surface area contributed by atoms with Crippen LogP contribution >= 0.6 is 11.3 Å². The van der Waals surface area contributed by atoms with E-state index < -0.39 is 10.8 Å². The molecule has 146 valence electrons. The van der Waals surface area contributed by atoms with Gasteiger partial charge >= 0.3 is 5.00 Å². The maximum absolute atomic E-state index is 12.3. The highest BCUT2D eigenvalue weighted by atomic mass is 32.1. The standard InChI is InChI=1S/C20H16N4O4S/c1-13-3-2-4-15(11-13)19(25)22-16-7-5-14(6-8-16)20(26)23-21-12-17-9-10-18(29-17)24(27)28/h2-12H,1H3,(H,22,25)(H,23,26)/b21-12+. The van der Waals surface area contributed by atoms with Crippen LogP contribution in [0.25, 0.3) is 0 Å². The number of nitrogens with one attached hydrogen (secondary N) is 2. The van der Waals surface area contributed by atoms with Gasteiger partial charge in [-0.3, -0.25) is 19.7 Å². The molecule has 2 amide bonds. The van der Waals surface area contributed by atoms with Crippen molar-refractivity contribution in [3.63, 3.8) is 0 Å². The van der Waals surface area contributed by atoms with Crippen LogP contribution in [0, 0.1) is 17.0 Å². The number of nitrogens with zero attached hydrogens (tertiary/aromatic N) is 2. The van der Waals surface area contributed by atoms with Gasteiger partial charge < -0.3 is 5.32 Å². The number of hydrogen-bond donors (Lipinski definition) is 2. The maximum Gasteiger partial charge on any atom is 0.324 e. The largest absolute Gasteiger partial charge is 0.324 e. The van der Waals surface area contributed by atoms with Gasteiger partial charge in [-0.1, -0.05) is 29.0 Å². The molecule has 0 unspecified atom stereocenters. The lowest BCUT2D eigenvalue weighted by molar-refractivity contribution is -0.380. The highest BCUT2D eigenvalue weighted by Gasteiger charge is 2.09. The smallest absolute Gasteiger partial charge is 0.322 e. The number of carbonyl (C=O) groups excluding carboxylic acids is 2. The van der Waals surface area contributed by atoms with Crippen LogP contribution in [0.5, 0.6) is 0 Å². The van der Waals surface area contributed by atoms with E-state index in [0.717, 1.165) is 16.9 Å². The monoisotopic (exact) mass is 408 g/mol. The number of anilines is 1. The summed E-state index contributed by atoms with van der Waals surface area (Å²) in [6.07, 6.45) is 1.34. The van der Waals surface area contributed by atoms with Crippen LogP contribution < -0.4 is 10.7 Å². The fourth-order valence-electron chi connectivity index (χ4n) is 2.42. The number of hydrazone groups is 1. The van der Waals surface area contributed by atoms with E-state index in [1.807, 2.05) is 19.1 Å². The lowest BCUT2D eigenvalue weighted by Crippen LogP contribution is -2.17. The van der Waals surface area contributed by atoms with Crippen molar-refractivity contribution in [3.8, 4) is 0 Å². The molecule has 0 spiro atoms. The average Bonchev–Trinajstić information content (AvgIpc) is 3.18. The second-order valence-electron chi connectivity index (χ2n) is 6.03. The van der Waals surface area contributed by atoms with Crippen LogP contribution in [-0.2, 0) is 0 Å². The van der Waals surface area contributed by atoms with Crippen LogP contribution in [0.3, 0.4) is 0 Å². The Morgan fingerprint density at radius 2 is 1.79 bits per heavy atom. The molecule has 0 aliphatic rings. The molecular formula is C20H16N4O4S. The number of rotatable bonds is 6. The molecule has 0 aliphatic heterocycles. The number of aryl methyl sites for hydroxylation is 1. The molecule has 8 nitrogen and oxygen atoms in total. The predicted molar refractivity (Wildman–Crippen MR) is 112 cm³/mol. The third kappa shape index (κ3) is 5.33. The molecular weight excluding hydrogens is 392 g/mol. The Bertz CT molecular complexity index is 1090. The van der Waals surface area contributed by atoms with Crippen molar-refractivity contribution in [3.05, 3.63) is 92.3 Å². The second kappa shape index (κ2) is 8.89. The molecule has 9 heteroatoms. The van der Waals surface area contributed by atoms with Gasteiger partial charge in [-0.2, -0.15) is 5.10 Å². The van der Waals surface area contributed by atoms with E-state index in [2.05, 4.69) is 15.8 Å². The first-order valence-corrected chi connectivity index (χ1v) is 9.30. The molecule has 0 radical (unpaired) electrons. The van der Waals surface area contributed by atoms with Gasteiger partial charge in [0.25, 0.3) is 11.8 Å². The molecule has 0 saturated heterocycles. The van der Waals surface area contributed by atoms with Gasteiger partial charge in [0, 0.05) is 22.9 Å². The van der Waals surface area contributed by atoms with Gasteiger partial charge in [-0.15, -0.1) is 0 Å². The highest BCUT2D eigenvalue weighted by molar-refractivity contribution is 7.16. The summed E-state index contributed by atoms with van der Waals surface area (Å²) in [5.41, 5.74) is 4.81. The summed E-state index contributed by atoms with van der Waals surface area (Å²) in [7, 11) is 0. The number of amides is 2. The third-order valence-electron chi connectivity index (χ3n) is 3.84. The molecule has 1 aromatic heterocycles. The van der Waals surface area contributed by atoms with Crippen molar-refractivity contribution in [2.45, 2.75) is 6.92 Å². The molecule has 0 aliphatic carbocycles. The van der Waals surface area contributed by atoms with Crippen LogP contribution in [0.4, 0.5) is 10.7 Å².